The zero-order chi connectivity index (χ0) is 16.3. The zero-order valence-corrected chi connectivity index (χ0v) is 14.2. The van der Waals surface area contributed by atoms with Gasteiger partial charge in [-0.2, -0.15) is 0 Å². The molecule has 1 unspecified atom stereocenters. The van der Waals surface area contributed by atoms with Gasteiger partial charge < -0.3 is 11.1 Å². The van der Waals surface area contributed by atoms with E-state index in [1.165, 1.54) is 11.1 Å². The molecule has 1 amide bonds. The van der Waals surface area contributed by atoms with Crippen LogP contribution in [0.1, 0.15) is 38.8 Å². The average molecular weight is 303 g/mol. The van der Waals surface area contributed by atoms with Crippen LogP contribution in [0.15, 0.2) is 24.3 Å². The number of carbonyl (C=O) groups excluding carboxylic acids is 1. The quantitative estimate of drug-likeness (QED) is 0.893. The number of nitrogens with one attached hydrogen (secondary N) is 1. The second-order valence-electron chi connectivity index (χ2n) is 7.47. The van der Waals surface area contributed by atoms with Crippen LogP contribution in [0.25, 0.3) is 0 Å². The lowest BCUT2D eigenvalue weighted by Crippen LogP contribution is -2.54. The molecule has 2 rings (SSSR count). The van der Waals surface area contributed by atoms with E-state index in [-0.39, 0.29) is 17.4 Å². The Morgan fingerprint density at radius 1 is 1.32 bits per heavy atom. The number of benzene rings is 1. The molecule has 1 aromatic carbocycles. The average Bonchev–Trinajstić information content (AvgIpc) is 2.45. The minimum atomic E-state index is -0.466. The number of rotatable bonds is 4. The van der Waals surface area contributed by atoms with Gasteiger partial charge in [-0.15, -0.1) is 0 Å². The third kappa shape index (κ3) is 4.31. The third-order valence-corrected chi connectivity index (χ3v) is 4.43. The van der Waals surface area contributed by atoms with Crippen molar-refractivity contribution in [2.24, 2.45) is 11.1 Å². The minimum Gasteiger partial charge on any atom is -0.350 e. The molecule has 1 aromatic rings. The highest BCUT2D eigenvalue weighted by Gasteiger charge is 2.30. The minimum absolute atomic E-state index is 0.00150. The van der Waals surface area contributed by atoms with Crippen molar-refractivity contribution in [1.82, 2.24) is 10.2 Å². The Labute approximate surface area is 134 Å². The van der Waals surface area contributed by atoms with Crippen LogP contribution in [-0.4, -0.2) is 36.0 Å². The summed E-state index contributed by atoms with van der Waals surface area (Å²) in [6, 6.07) is 8.25. The fourth-order valence-corrected chi connectivity index (χ4v) is 2.81. The fourth-order valence-electron chi connectivity index (χ4n) is 2.81. The van der Waals surface area contributed by atoms with E-state index < -0.39 is 6.04 Å². The van der Waals surface area contributed by atoms with E-state index >= 15 is 0 Å². The summed E-state index contributed by atoms with van der Waals surface area (Å²) in [5.41, 5.74) is 8.55. The molecule has 3 N–H and O–H groups in total. The Morgan fingerprint density at radius 3 is 2.55 bits per heavy atom. The van der Waals surface area contributed by atoms with E-state index in [1.54, 1.807) is 6.92 Å². The summed E-state index contributed by atoms with van der Waals surface area (Å²) >= 11 is 0. The van der Waals surface area contributed by atoms with Gasteiger partial charge in [-0.25, -0.2) is 0 Å². The van der Waals surface area contributed by atoms with Crippen LogP contribution >= 0.6 is 0 Å². The first-order valence-electron chi connectivity index (χ1n) is 8.12. The number of nitrogens with zero attached hydrogens (tertiary/aromatic N) is 1. The van der Waals surface area contributed by atoms with Gasteiger partial charge in [-0.05, 0) is 29.9 Å². The summed E-state index contributed by atoms with van der Waals surface area (Å²) in [4.78, 5) is 14.4. The molecule has 1 heterocycles. The molecular formula is C18H29N3O. The van der Waals surface area contributed by atoms with Crippen molar-refractivity contribution < 1.29 is 4.79 Å². The van der Waals surface area contributed by atoms with Crippen molar-refractivity contribution in [1.29, 1.82) is 0 Å². The van der Waals surface area contributed by atoms with Crippen molar-refractivity contribution in [3.8, 4) is 0 Å². The Bertz CT molecular complexity index is 519. The zero-order valence-electron chi connectivity index (χ0n) is 14.2. The second kappa shape index (κ2) is 6.80. The molecule has 0 spiro atoms. The van der Waals surface area contributed by atoms with Crippen LogP contribution in [-0.2, 0) is 17.8 Å². The van der Waals surface area contributed by atoms with Crippen LogP contribution in [0.4, 0.5) is 0 Å². The lowest BCUT2D eigenvalue weighted by molar-refractivity contribution is -0.123. The summed E-state index contributed by atoms with van der Waals surface area (Å²) in [6.45, 7) is 11.1. The van der Waals surface area contributed by atoms with E-state index in [1.807, 2.05) is 0 Å². The number of amides is 1. The van der Waals surface area contributed by atoms with Crippen LogP contribution in [0.5, 0.6) is 0 Å². The molecule has 0 fully saturated rings. The van der Waals surface area contributed by atoms with Crippen molar-refractivity contribution in [3.05, 3.63) is 35.4 Å². The van der Waals surface area contributed by atoms with Crippen LogP contribution in [0.3, 0.4) is 0 Å². The van der Waals surface area contributed by atoms with E-state index in [0.29, 0.717) is 0 Å². The third-order valence-electron chi connectivity index (χ3n) is 4.43. The molecule has 4 heteroatoms. The molecule has 22 heavy (non-hydrogen) atoms. The summed E-state index contributed by atoms with van der Waals surface area (Å²) in [5, 5.41) is 3.12. The smallest absolute Gasteiger partial charge is 0.236 e. The molecule has 0 saturated heterocycles. The lowest BCUT2D eigenvalue weighted by atomic mass is 9.85. The Kier molecular flexibility index (Phi) is 5.24. The topological polar surface area (TPSA) is 58.4 Å². The molecule has 0 radical (unpaired) electrons. The first-order valence-corrected chi connectivity index (χ1v) is 8.12. The number of nitrogens with two attached hydrogens (primary N) is 1. The molecule has 4 nitrogen and oxygen atoms in total. The molecule has 122 valence electrons. The van der Waals surface area contributed by atoms with E-state index in [2.05, 4.69) is 55.3 Å². The van der Waals surface area contributed by atoms with E-state index in [0.717, 1.165) is 26.1 Å². The van der Waals surface area contributed by atoms with E-state index in [9.17, 15) is 4.79 Å². The van der Waals surface area contributed by atoms with Crippen LogP contribution < -0.4 is 11.1 Å². The van der Waals surface area contributed by atoms with E-state index in [4.69, 9.17) is 5.73 Å². The predicted octanol–water partition coefficient (Wildman–Crippen LogP) is 1.92. The maximum Gasteiger partial charge on any atom is 0.236 e. The molecule has 0 bridgehead atoms. The normalized spacial score (nSPS) is 18.4. The van der Waals surface area contributed by atoms with Crippen molar-refractivity contribution in [2.45, 2.75) is 52.7 Å². The van der Waals surface area contributed by atoms with Crippen LogP contribution in [0, 0.1) is 5.41 Å². The van der Waals surface area contributed by atoms with Gasteiger partial charge in [0.2, 0.25) is 5.91 Å². The van der Waals surface area contributed by atoms with Gasteiger partial charge in [0.15, 0.2) is 0 Å². The summed E-state index contributed by atoms with van der Waals surface area (Å²) in [6.07, 6.45) is 1.08. The lowest BCUT2D eigenvalue weighted by Gasteiger charge is -2.38. The second-order valence-corrected chi connectivity index (χ2v) is 7.47. The highest BCUT2D eigenvalue weighted by Crippen LogP contribution is 2.24. The molecule has 0 saturated carbocycles. The van der Waals surface area contributed by atoms with Gasteiger partial charge in [0, 0.05) is 25.7 Å². The molecular weight excluding hydrogens is 274 g/mol. The van der Waals surface area contributed by atoms with Gasteiger partial charge in [0.1, 0.15) is 0 Å². The molecule has 1 aliphatic heterocycles. The summed E-state index contributed by atoms with van der Waals surface area (Å²) in [5.74, 6) is -0.0719. The van der Waals surface area contributed by atoms with Gasteiger partial charge in [-0.3, -0.25) is 9.69 Å². The Hall–Kier alpha value is -1.39. The summed E-state index contributed by atoms with van der Waals surface area (Å²) in [7, 11) is 0. The Morgan fingerprint density at radius 2 is 1.95 bits per heavy atom. The largest absolute Gasteiger partial charge is 0.350 e. The molecule has 1 aliphatic rings. The fraction of sp³-hybridized carbons (Fsp3) is 0.611. The van der Waals surface area contributed by atoms with Crippen molar-refractivity contribution >= 4 is 5.91 Å². The summed E-state index contributed by atoms with van der Waals surface area (Å²) < 4.78 is 0. The van der Waals surface area contributed by atoms with Gasteiger partial charge in [0.25, 0.3) is 0 Å². The highest BCUT2D eigenvalue weighted by molar-refractivity contribution is 5.81. The number of fused-ring (bicyclic) bond motifs is 1. The maximum absolute atomic E-state index is 12.0. The number of carbonyl (C=O) groups is 1. The number of hydrogen-bond acceptors (Lipinski definition) is 3. The van der Waals surface area contributed by atoms with Crippen LogP contribution in [0.2, 0.25) is 0 Å². The highest BCUT2D eigenvalue weighted by atomic mass is 16.2. The predicted molar refractivity (Wildman–Crippen MR) is 90.5 cm³/mol. The molecule has 0 aromatic heterocycles. The number of hydrogen-bond donors (Lipinski definition) is 2. The van der Waals surface area contributed by atoms with Gasteiger partial charge in [0.05, 0.1) is 6.04 Å². The van der Waals surface area contributed by atoms with Crippen molar-refractivity contribution in [3.63, 3.8) is 0 Å². The first kappa shape index (κ1) is 17.0. The standard InChI is InChI=1S/C18H29N3O/c1-13(19)17(22)20-16(18(2,3)4)12-21-10-9-14-7-5-6-8-15(14)11-21/h5-8,13,16H,9-12,19H2,1-4H3,(H,20,22)/t13-,16?/m1/s1. The Balaban J connectivity index is 2.04. The van der Waals surface area contributed by atoms with Crippen molar-refractivity contribution in [2.75, 3.05) is 13.1 Å². The molecule has 0 aliphatic carbocycles. The monoisotopic (exact) mass is 303 g/mol. The first-order chi connectivity index (χ1) is 10.3. The SMILES string of the molecule is C[C@@H](N)C(=O)NC(CN1CCc2ccccc2C1)C(C)(C)C. The van der Waals surface area contributed by atoms with Gasteiger partial charge in [-0.1, -0.05) is 45.0 Å². The van der Waals surface area contributed by atoms with Gasteiger partial charge >= 0.3 is 0 Å². The molecule has 2 atom stereocenters. The maximum atomic E-state index is 12.0.